The fourth-order valence-corrected chi connectivity index (χ4v) is 2.26. The van der Waals surface area contributed by atoms with Crippen molar-refractivity contribution in [3.63, 3.8) is 0 Å². The molecule has 11 heteroatoms. The van der Waals surface area contributed by atoms with E-state index >= 15 is 0 Å². The monoisotopic (exact) mass is 404 g/mol. The van der Waals surface area contributed by atoms with Gasteiger partial charge in [-0.2, -0.15) is 13.1 Å². The number of carbonyl (C=O) groups is 2. The molecule has 0 unspecified atom stereocenters. The second-order valence-electron chi connectivity index (χ2n) is 6.04. The van der Waals surface area contributed by atoms with Gasteiger partial charge >= 0.3 is 22.3 Å². The highest BCUT2D eigenvalue weighted by molar-refractivity contribution is 7.88. The Labute approximate surface area is 155 Å². The first kappa shape index (κ1) is 22.3. The molecule has 27 heavy (non-hydrogen) atoms. The van der Waals surface area contributed by atoms with E-state index in [1.54, 1.807) is 25.5 Å². The molecule has 1 aromatic carbocycles. The van der Waals surface area contributed by atoms with Crippen molar-refractivity contribution < 1.29 is 36.3 Å². The summed E-state index contributed by atoms with van der Waals surface area (Å²) in [4.78, 5) is 22.7. The minimum Gasteiger partial charge on any atom is -0.465 e. The van der Waals surface area contributed by atoms with Crippen LogP contribution in [-0.4, -0.2) is 39.7 Å². The molecule has 8 nitrogen and oxygen atoms in total. The van der Waals surface area contributed by atoms with Gasteiger partial charge in [0.1, 0.15) is 22.8 Å². The number of hydrogen-bond acceptors (Lipinski definition) is 6. The lowest BCUT2D eigenvalue weighted by molar-refractivity contribution is 0.0564. The maximum Gasteiger partial charge on any atom is 0.422 e. The summed E-state index contributed by atoms with van der Waals surface area (Å²) in [6.45, 7) is 4.21. The minimum atomic E-state index is -4.23. The highest BCUT2D eigenvalue weighted by Gasteiger charge is 2.21. The van der Waals surface area contributed by atoms with Gasteiger partial charge in [0.25, 0.3) is 0 Å². The third kappa shape index (κ3) is 7.59. The second kappa shape index (κ2) is 8.79. The Morgan fingerprint density at radius 3 is 2.22 bits per heavy atom. The zero-order chi connectivity index (χ0) is 20.8. The van der Waals surface area contributed by atoms with Crippen LogP contribution in [-0.2, 0) is 19.7 Å². The molecule has 0 spiro atoms. The maximum atomic E-state index is 13.7. The van der Waals surface area contributed by atoms with Gasteiger partial charge < -0.3 is 9.47 Å². The van der Waals surface area contributed by atoms with Gasteiger partial charge in [-0.3, -0.25) is 0 Å². The van der Waals surface area contributed by atoms with E-state index in [9.17, 15) is 26.8 Å². The first-order valence-electron chi connectivity index (χ1n) is 7.41. The molecule has 0 heterocycles. The number of nitrogens with one attached hydrogen (secondary N) is 2. The Bertz CT molecular complexity index is 875. The molecule has 2 N–H and O–H groups in total. The molecule has 0 aliphatic heterocycles. The Kier molecular flexibility index (Phi) is 7.27. The third-order valence-corrected chi connectivity index (χ3v) is 3.59. The van der Waals surface area contributed by atoms with Crippen LogP contribution < -0.4 is 9.44 Å². The first-order chi connectivity index (χ1) is 12.3. The Morgan fingerprint density at radius 2 is 1.74 bits per heavy atom. The quantitative estimate of drug-likeness (QED) is 0.581. The molecule has 0 saturated heterocycles. The topological polar surface area (TPSA) is 111 Å². The van der Waals surface area contributed by atoms with E-state index in [1.165, 1.54) is 0 Å². The smallest absolute Gasteiger partial charge is 0.422 e. The van der Waals surface area contributed by atoms with Gasteiger partial charge in [0, 0.05) is 5.56 Å². The fraction of sp³-hybridized carbons (Fsp3) is 0.375. The number of halogens is 2. The Hall–Kier alpha value is -2.71. The lowest BCUT2D eigenvalue weighted by atomic mass is 10.1. The summed E-state index contributed by atoms with van der Waals surface area (Å²) in [6.07, 6.45) is -1.18. The van der Waals surface area contributed by atoms with E-state index in [4.69, 9.17) is 4.74 Å². The molecule has 1 rings (SSSR count). The van der Waals surface area contributed by atoms with E-state index in [-0.39, 0.29) is 5.56 Å². The Balaban J connectivity index is 2.74. The minimum absolute atomic E-state index is 0.128. The van der Waals surface area contributed by atoms with Gasteiger partial charge in [-0.25, -0.2) is 23.1 Å². The molecule has 1 amide bonds. The lowest BCUT2D eigenvalue weighted by Crippen LogP contribution is -2.42. The molecular weight excluding hydrogens is 386 g/mol. The van der Waals surface area contributed by atoms with E-state index < -0.39 is 51.6 Å². The van der Waals surface area contributed by atoms with Crippen LogP contribution in [0.1, 0.15) is 36.7 Å². The molecule has 148 valence electrons. The number of amides is 1. The van der Waals surface area contributed by atoms with E-state index in [1.807, 2.05) is 4.72 Å². The zero-order valence-corrected chi connectivity index (χ0v) is 15.8. The summed E-state index contributed by atoms with van der Waals surface area (Å²) < 4.78 is 63.4. The van der Waals surface area contributed by atoms with E-state index in [0.717, 1.165) is 19.2 Å². The highest BCUT2D eigenvalue weighted by Crippen LogP contribution is 2.16. The van der Waals surface area contributed by atoms with Crippen LogP contribution in [0, 0.1) is 23.5 Å². The van der Waals surface area contributed by atoms with Gasteiger partial charge in [0.15, 0.2) is 0 Å². The normalized spacial score (nSPS) is 11.2. The summed E-state index contributed by atoms with van der Waals surface area (Å²) in [5.41, 5.74) is -1.87. The van der Waals surface area contributed by atoms with Crippen LogP contribution >= 0.6 is 0 Å². The van der Waals surface area contributed by atoms with Crippen molar-refractivity contribution in [2.24, 2.45) is 0 Å². The largest absolute Gasteiger partial charge is 0.465 e. The third-order valence-electron chi connectivity index (χ3n) is 2.63. The SMILES string of the molecule is COC(=O)c1c(F)cc(C#CCNS(=O)(=O)NC(=O)OC(C)(C)C)cc1F. The molecule has 0 atom stereocenters. The molecule has 0 bridgehead atoms. The molecule has 0 aromatic heterocycles. The van der Waals surface area contributed by atoms with E-state index in [2.05, 4.69) is 16.6 Å². The van der Waals surface area contributed by atoms with Crippen LogP contribution in [0.3, 0.4) is 0 Å². The lowest BCUT2D eigenvalue weighted by Gasteiger charge is -2.19. The van der Waals surface area contributed by atoms with Gasteiger partial charge in [0.05, 0.1) is 13.7 Å². The van der Waals surface area contributed by atoms with Gasteiger partial charge in [0.2, 0.25) is 0 Å². The second-order valence-corrected chi connectivity index (χ2v) is 7.54. The van der Waals surface area contributed by atoms with Crippen LogP contribution in [0.4, 0.5) is 13.6 Å². The maximum absolute atomic E-state index is 13.7. The van der Waals surface area contributed by atoms with Crippen molar-refractivity contribution in [2.45, 2.75) is 26.4 Å². The molecule has 0 aliphatic rings. The Morgan fingerprint density at radius 1 is 1.19 bits per heavy atom. The molecule has 0 aliphatic carbocycles. The molecular formula is C16H18F2N2O6S. The number of hydrogen-bond donors (Lipinski definition) is 2. The number of methoxy groups -OCH3 is 1. The molecule has 1 aromatic rings. The summed E-state index contributed by atoms with van der Waals surface area (Å²) in [5.74, 6) is 1.12. The summed E-state index contributed by atoms with van der Waals surface area (Å²) in [7, 11) is -3.25. The van der Waals surface area contributed by atoms with Crippen molar-refractivity contribution in [2.75, 3.05) is 13.7 Å². The van der Waals surface area contributed by atoms with Crippen molar-refractivity contribution in [1.29, 1.82) is 0 Å². The molecule has 0 saturated carbocycles. The van der Waals surface area contributed by atoms with Crippen LogP contribution in [0.25, 0.3) is 0 Å². The van der Waals surface area contributed by atoms with Gasteiger partial charge in [-0.05, 0) is 32.9 Å². The molecule has 0 radical (unpaired) electrons. The predicted molar refractivity (Wildman–Crippen MR) is 90.9 cm³/mol. The summed E-state index contributed by atoms with van der Waals surface area (Å²) in [6, 6.07) is 1.60. The van der Waals surface area contributed by atoms with Crippen LogP contribution in [0.2, 0.25) is 0 Å². The fourth-order valence-electron chi connectivity index (χ4n) is 1.66. The summed E-state index contributed by atoms with van der Waals surface area (Å²) in [5, 5.41) is 0. The summed E-state index contributed by atoms with van der Waals surface area (Å²) >= 11 is 0. The number of ether oxygens (including phenoxy) is 2. The van der Waals surface area contributed by atoms with Gasteiger partial charge in [-0.1, -0.05) is 11.8 Å². The van der Waals surface area contributed by atoms with Crippen LogP contribution in [0.5, 0.6) is 0 Å². The van der Waals surface area contributed by atoms with Gasteiger partial charge in [-0.15, -0.1) is 0 Å². The first-order valence-corrected chi connectivity index (χ1v) is 8.89. The van der Waals surface area contributed by atoms with Crippen molar-refractivity contribution in [3.05, 3.63) is 34.9 Å². The predicted octanol–water partition coefficient (Wildman–Crippen LogP) is 1.46. The standard InChI is InChI=1S/C16H18F2N2O6S/c1-16(2,3)26-15(22)20-27(23,24)19-7-5-6-10-8-11(17)13(12(18)9-10)14(21)25-4/h8-9,19H,7H2,1-4H3,(H,20,22). The van der Waals surface area contributed by atoms with E-state index in [0.29, 0.717) is 0 Å². The van der Waals surface area contributed by atoms with Crippen LogP contribution in [0.15, 0.2) is 12.1 Å². The zero-order valence-electron chi connectivity index (χ0n) is 15.0. The van der Waals surface area contributed by atoms with Crippen molar-refractivity contribution >= 4 is 22.3 Å². The number of esters is 1. The number of rotatable bonds is 4. The van der Waals surface area contributed by atoms with Crippen molar-refractivity contribution in [3.8, 4) is 11.8 Å². The number of benzene rings is 1. The average Bonchev–Trinajstić information content (AvgIpc) is 2.48. The molecule has 0 fully saturated rings. The van der Waals surface area contributed by atoms with Crippen molar-refractivity contribution in [1.82, 2.24) is 9.44 Å². The average molecular weight is 404 g/mol. The highest BCUT2D eigenvalue weighted by atomic mass is 32.2. The number of carbonyl (C=O) groups excluding carboxylic acids is 2.